The van der Waals surface area contributed by atoms with Gasteiger partial charge in [0.2, 0.25) is 0 Å². The van der Waals surface area contributed by atoms with E-state index in [0.717, 1.165) is 64.8 Å². The maximum absolute atomic E-state index is 11.4. The maximum atomic E-state index is 11.4. The molecule has 0 aliphatic rings. The smallest absolute Gasteiger partial charge is 0.744 e. The van der Waals surface area contributed by atoms with E-state index in [2.05, 4.69) is 18.9 Å². The van der Waals surface area contributed by atoms with E-state index in [1.165, 1.54) is 0 Å². The minimum atomic E-state index is -4.73. The summed E-state index contributed by atoms with van der Waals surface area (Å²) in [7, 11) is -5.14. The van der Waals surface area contributed by atoms with Crippen LogP contribution in [0.25, 0.3) is 0 Å². The summed E-state index contributed by atoms with van der Waals surface area (Å²) in [5.41, 5.74) is -1.06. The van der Waals surface area contributed by atoms with E-state index >= 15 is 0 Å². The van der Waals surface area contributed by atoms with Crippen molar-refractivity contribution in [1.82, 2.24) is 0 Å². The van der Waals surface area contributed by atoms with Gasteiger partial charge in [-0.15, -0.1) is 0 Å². The van der Waals surface area contributed by atoms with Crippen LogP contribution in [0.2, 0.25) is 0 Å². The van der Waals surface area contributed by atoms with E-state index in [1.54, 1.807) is 0 Å². The quantitative estimate of drug-likeness (QED) is 0.187. The summed E-state index contributed by atoms with van der Waals surface area (Å²) in [6, 6.07) is 5.43. The molecule has 0 saturated carbocycles. The van der Waals surface area contributed by atoms with Crippen LogP contribution in [-0.2, 0) is 39.2 Å². The standard InChI is InChI=1S/2C10H10O7S.Ca/c2*1-16-9(11)7-4-3-6(18(13,14)15)5-8(7)10(12)17-2;/h2*3-5H,1-2H3,(H,13,14,15);/q;;+2/p-2. The molecular formula is C20H18CaO14S2. The van der Waals surface area contributed by atoms with Gasteiger partial charge < -0.3 is 28.1 Å². The number of carbonyl (C=O) groups excluding carboxylic acids is 4. The zero-order valence-electron chi connectivity index (χ0n) is 19.7. The van der Waals surface area contributed by atoms with Crippen LogP contribution in [0.15, 0.2) is 46.2 Å². The Morgan fingerprint density at radius 2 is 0.784 bits per heavy atom. The second kappa shape index (κ2) is 14.4. The first kappa shape index (κ1) is 34.4. The first-order valence-electron chi connectivity index (χ1n) is 9.15. The van der Waals surface area contributed by atoms with E-state index < -0.39 is 53.9 Å². The molecule has 0 atom stereocenters. The molecule has 0 N–H and O–H groups in total. The number of rotatable bonds is 6. The zero-order valence-corrected chi connectivity index (χ0v) is 23.5. The molecule has 0 unspecified atom stereocenters. The Morgan fingerprint density at radius 1 is 0.541 bits per heavy atom. The SMILES string of the molecule is COC(=O)c1ccc(S(=O)(=O)[O-])cc1C(=O)OC.COC(=O)c1ccc(S(=O)(=O)[O-])cc1C(=O)OC.[Ca+2]. The van der Waals surface area contributed by atoms with Gasteiger partial charge in [-0.3, -0.25) is 0 Å². The van der Waals surface area contributed by atoms with Crippen molar-refractivity contribution in [3.05, 3.63) is 58.7 Å². The van der Waals surface area contributed by atoms with Gasteiger partial charge in [-0.1, -0.05) is 0 Å². The van der Waals surface area contributed by atoms with Crippen molar-refractivity contribution in [3.8, 4) is 0 Å². The average molecular weight is 587 g/mol. The van der Waals surface area contributed by atoms with E-state index in [9.17, 15) is 45.1 Å². The third kappa shape index (κ3) is 9.33. The third-order valence-electron chi connectivity index (χ3n) is 4.18. The average Bonchev–Trinajstić information content (AvgIpc) is 2.85. The van der Waals surface area contributed by atoms with Gasteiger partial charge in [0.05, 0.1) is 60.5 Å². The Bertz CT molecular complexity index is 1290. The number of esters is 4. The molecule has 0 aliphatic carbocycles. The van der Waals surface area contributed by atoms with Crippen LogP contribution in [0.3, 0.4) is 0 Å². The Hall–Kier alpha value is -2.60. The van der Waals surface area contributed by atoms with Crippen LogP contribution in [0.4, 0.5) is 0 Å². The Morgan fingerprint density at radius 3 is 1.00 bits per heavy atom. The first-order chi connectivity index (χ1) is 16.6. The van der Waals surface area contributed by atoms with Crippen LogP contribution in [0.5, 0.6) is 0 Å². The fraction of sp³-hybridized carbons (Fsp3) is 0.200. The van der Waals surface area contributed by atoms with Gasteiger partial charge in [0, 0.05) is 0 Å². The van der Waals surface area contributed by atoms with Gasteiger partial charge >= 0.3 is 61.6 Å². The van der Waals surface area contributed by atoms with E-state index in [-0.39, 0.29) is 60.0 Å². The molecule has 2 aromatic carbocycles. The van der Waals surface area contributed by atoms with Gasteiger partial charge in [-0.2, -0.15) is 0 Å². The van der Waals surface area contributed by atoms with Crippen molar-refractivity contribution in [2.24, 2.45) is 0 Å². The van der Waals surface area contributed by atoms with Gasteiger partial charge in [0.1, 0.15) is 20.2 Å². The van der Waals surface area contributed by atoms with Crippen molar-refractivity contribution in [3.63, 3.8) is 0 Å². The first-order valence-corrected chi connectivity index (χ1v) is 12.0. The molecular weight excluding hydrogens is 568 g/mol. The summed E-state index contributed by atoms with van der Waals surface area (Å²) in [5, 5.41) is 0. The number of hydrogen-bond acceptors (Lipinski definition) is 14. The van der Waals surface area contributed by atoms with Crippen molar-refractivity contribution < 1.29 is 64.1 Å². The molecule has 17 heteroatoms. The molecule has 196 valence electrons. The molecule has 0 amide bonds. The molecule has 0 spiro atoms. The molecule has 37 heavy (non-hydrogen) atoms. The van der Waals surface area contributed by atoms with Gasteiger partial charge in [0.25, 0.3) is 0 Å². The predicted molar refractivity (Wildman–Crippen MR) is 120 cm³/mol. The summed E-state index contributed by atoms with van der Waals surface area (Å²) in [6.07, 6.45) is 0. The third-order valence-corrected chi connectivity index (χ3v) is 5.84. The van der Waals surface area contributed by atoms with Crippen molar-refractivity contribution in [2.75, 3.05) is 28.4 Å². The van der Waals surface area contributed by atoms with Crippen LogP contribution in [-0.4, -0.2) is 116 Å². The topological polar surface area (TPSA) is 220 Å². The molecule has 2 rings (SSSR count). The fourth-order valence-electron chi connectivity index (χ4n) is 2.49. The van der Waals surface area contributed by atoms with E-state index in [4.69, 9.17) is 0 Å². The monoisotopic (exact) mass is 586 g/mol. The number of ether oxygens (including phenoxy) is 4. The van der Waals surface area contributed by atoms with Gasteiger partial charge in [-0.25, -0.2) is 36.0 Å². The largest absolute Gasteiger partial charge is 2.00 e. The Kier molecular flexibility index (Phi) is 13.4. The van der Waals surface area contributed by atoms with E-state index in [1.807, 2.05) is 0 Å². The van der Waals surface area contributed by atoms with Crippen LogP contribution >= 0.6 is 0 Å². The maximum Gasteiger partial charge on any atom is 2.00 e. The number of benzene rings is 2. The van der Waals surface area contributed by atoms with Gasteiger partial charge in [0.15, 0.2) is 0 Å². The van der Waals surface area contributed by atoms with Crippen molar-refractivity contribution in [1.29, 1.82) is 0 Å². The molecule has 0 bridgehead atoms. The number of hydrogen-bond donors (Lipinski definition) is 0. The summed E-state index contributed by atoms with van der Waals surface area (Å²) in [4.78, 5) is 44.3. The molecule has 0 fully saturated rings. The predicted octanol–water partition coefficient (Wildman–Crippen LogP) is -0.0530. The summed E-state index contributed by atoms with van der Waals surface area (Å²) < 4.78 is 82.6. The molecule has 0 aromatic heterocycles. The molecule has 0 radical (unpaired) electrons. The summed E-state index contributed by atoms with van der Waals surface area (Å²) in [5.74, 6) is -3.57. The van der Waals surface area contributed by atoms with Gasteiger partial charge in [-0.05, 0) is 36.4 Å². The fourth-order valence-corrected chi connectivity index (χ4v) is 3.49. The van der Waals surface area contributed by atoms with Crippen LogP contribution in [0.1, 0.15) is 41.4 Å². The molecule has 0 aliphatic heterocycles. The van der Waals surface area contributed by atoms with Crippen molar-refractivity contribution in [2.45, 2.75) is 9.79 Å². The minimum absolute atomic E-state index is 0. The second-order valence-corrected chi connectivity index (χ2v) is 9.05. The summed E-state index contributed by atoms with van der Waals surface area (Å²) >= 11 is 0. The minimum Gasteiger partial charge on any atom is -0.744 e. The zero-order chi connectivity index (χ0) is 27.8. The number of methoxy groups -OCH3 is 4. The Labute approximate surface area is 241 Å². The molecule has 14 nitrogen and oxygen atoms in total. The van der Waals surface area contributed by atoms with Crippen LogP contribution in [0, 0.1) is 0 Å². The summed E-state index contributed by atoms with van der Waals surface area (Å²) in [6.45, 7) is 0. The second-order valence-electron chi connectivity index (χ2n) is 6.29. The van der Waals surface area contributed by atoms with E-state index in [0.29, 0.717) is 0 Å². The van der Waals surface area contributed by atoms with Crippen LogP contribution < -0.4 is 0 Å². The number of carbonyl (C=O) groups is 4. The van der Waals surface area contributed by atoms with Crippen molar-refractivity contribution >= 4 is 81.9 Å². The molecule has 2 aromatic rings. The Balaban J connectivity index is 0.000000682. The molecule has 0 saturated heterocycles. The molecule has 0 heterocycles. The normalized spacial score (nSPS) is 10.5.